The largest absolute Gasteiger partial charge is 0.411 e. The molecule has 0 spiro atoms. The molecule has 0 bridgehead atoms. The summed E-state index contributed by atoms with van der Waals surface area (Å²) in [5, 5.41) is 13.5. The molecule has 0 aliphatic rings. The van der Waals surface area contributed by atoms with Crippen molar-refractivity contribution in [3.63, 3.8) is 0 Å². The molecule has 0 radical (unpaired) electrons. The van der Waals surface area contributed by atoms with Gasteiger partial charge in [-0.05, 0) is 25.3 Å². The van der Waals surface area contributed by atoms with Gasteiger partial charge in [0.15, 0.2) is 0 Å². The molecule has 0 saturated carbocycles. The van der Waals surface area contributed by atoms with E-state index in [0.717, 1.165) is 5.56 Å². The highest BCUT2D eigenvalue weighted by molar-refractivity contribution is 7.10. The minimum atomic E-state index is 0.679. The van der Waals surface area contributed by atoms with Gasteiger partial charge in [-0.15, -0.1) is 11.3 Å². The van der Waals surface area contributed by atoms with Crippen LogP contribution in [-0.2, 0) is 0 Å². The molecule has 0 amide bonds. The fraction of sp³-hybridized carbons (Fsp3) is 0.286. The first-order valence-corrected chi connectivity index (χ1v) is 3.87. The zero-order valence-corrected chi connectivity index (χ0v) is 6.77. The van der Waals surface area contributed by atoms with Gasteiger partial charge < -0.3 is 5.21 Å². The summed E-state index contributed by atoms with van der Waals surface area (Å²) < 4.78 is 0. The van der Waals surface area contributed by atoms with Crippen molar-refractivity contribution in [1.82, 2.24) is 0 Å². The zero-order chi connectivity index (χ0) is 7.56. The lowest BCUT2D eigenvalue weighted by Crippen LogP contribution is -1.92. The molecule has 1 aromatic heterocycles. The normalized spacial score (nSPS) is 12.0. The third-order valence-corrected chi connectivity index (χ3v) is 2.24. The molecule has 0 saturated heterocycles. The van der Waals surface area contributed by atoms with E-state index in [1.54, 1.807) is 18.3 Å². The number of oxime groups is 1. The monoisotopic (exact) mass is 155 g/mol. The van der Waals surface area contributed by atoms with Gasteiger partial charge in [0, 0.05) is 10.4 Å². The van der Waals surface area contributed by atoms with Gasteiger partial charge >= 0.3 is 0 Å². The van der Waals surface area contributed by atoms with Gasteiger partial charge in [0.05, 0.1) is 5.71 Å². The second-order valence-corrected chi connectivity index (χ2v) is 3.20. The predicted octanol–water partition coefficient (Wildman–Crippen LogP) is 2.25. The Labute approximate surface area is 63.8 Å². The summed E-state index contributed by atoms with van der Waals surface area (Å²) in [5.74, 6) is 0. The summed E-state index contributed by atoms with van der Waals surface area (Å²) in [4.78, 5) is 1.19. The van der Waals surface area contributed by atoms with Crippen molar-refractivity contribution in [1.29, 1.82) is 0 Å². The van der Waals surface area contributed by atoms with Crippen LogP contribution in [0.2, 0.25) is 0 Å². The second kappa shape index (κ2) is 2.84. The van der Waals surface area contributed by atoms with Gasteiger partial charge in [-0.2, -0.15) is 0 Å². The van der Waals surface area contributed by atoms with Crippen LogP contribution in [0.3, 0.4) is 0 Å². The van der Waals surface area contributed by atoms with E-state index < -0.39 is 0 Å². The Balaban J connectivity index is 3.05. The Hall–Kier alpha value is -0.830. The SMILES string of the molecule is C/C(=N\O)c1ccsc1C. The molecular weight excluding hydrogens is 146 g/mol. The van der Waals surface area contributed by atoms with Crippen molar-refractivity contribution in [2.24, 2.45) is 5.16 Å². The van der Waals surface area contributed by atoms with E-state index in [2.05, 4.69) is 5.16 Å². The fourth-order valence-corrected chi connectivity index (χ4v) is 1.57. The average Bonchev–Trinajstić information content (AvgIpc) is 2.34. The van der Waals surface area contributed by atoms with Crippen LogP contribution in [0.4, 0.5) is 0 Å². The molecule has 0 aromatic carbocycles. The maximum atomic E-state index is 8.42. The van der Waals surface area contributed by atoms with Crippen LogP contribution < -0.4 is 0 Å². The molecule has 0 aliphatic heterocycles. The number of nitrogens with zero attached hydrogens (tertiary/aromatic N) is 1. The molecule has 0 atom stereocenters. The van der Waals surface area contributed by atoms with Crippen molar-refractivity contribution >= 4 is 17.0 Å². The van der Waals surface area contributed by atoms with E-state index in [1.807, 2.05) is 18.4 Å². The maximum absolute atomic E-state index is 8.42. The third kappa shape index (κ3) is 1.19. The quantitative estimate of drug-likeness (QED) is 0.376. The molecule has 1 heterocycles. The minimum absolute atomic E-state index is 0.679. The van der Waals surface area contributed by atoms with E-state index in [9.17, 15) is 0 Å². The van der Waals surface area contributed by atoms with E-state index in [4.69, 9.17) is 5.21 Å². The molecule has 1 aromatic rings. The molecule has 54 valence electrons. The Kier molecular flexibility index (Phi) is 2.06. The lowest BCUT2D eigenvalue weighted by Gasteiger charge is -1.93. The van der Waals surface area contributed by atoms with Crippen molar-refractivity contribution in [3.05, 3.63) is 21.9 Å². The number of hydrogen-bond donors (Lipinski definition) is 1. The highest BCUT2D eigenvalue weighted by Crippen LogP contribution is 2.15. The standard InChI is InChI=1S/C7H9NOS/c1-5(8-9)7-3-4-10-6(7)2/h3-4,9H,1-2H3/b8-5+. The molecule has 2 nitrogen and oxygen atoms in total. The van der Waals surface area contributed by atoms with Crippen LogP contribution in [0, 0.1) is 6.92 Å². The van der Waals surface area contributed by atoms with E-state index >= 15 is 0 Å². The lowest BCUT2D eigenvalue weighted by molar-refractivity contribution is 0.319. The fourth-order valence-electron chi connectivity index (χ4n) is 0.814. The number of hydrogen-bond acceptors (Lipinski definition) is 3. The van der Waals surface area contributed by atoms with Crippen LogP contribution in [0.5, 0.6) is 0 Å². The first-order valence-electron chi connectivity index (χ1n) is 2.99. The highest BCUT2D eigenvalue weighted by Gasteiger charge is 2.01. The first-order chi connectivity index (χ1) is 4.75. The predicted molar refractivity (Wildman–Crippen MR) is 43.1 cm³/mol. The van der Waals surface area contributed by atoms with Gasteiger partial charge in [0.25, 0.3) is 0 Å². The van der Waals surface area contributed by atoms with Crippen molar-refractivity contribution in [2.45, 2.75) is 13.8 Å². The Morgan fingerprint density at radius 1 is 1.70 bits per heavy atom. The summed E-state index contributed by atoms with van der Waals surface area (Å²) in [6.45, 7) is 3.80. The highest BCUT2D eigenvalue weighted by atomic mass is 32.1. The molecular formula is C7H9NOS. The lowest BCUT2D eigenvalue weighted by atomic mass is 10.2. The summed E-state index contributed by atoms with van der Waals surface area (Å²) in [5.41, 5.74) is 1.71. The number of thiophene rings is 1. The Morgan fingerprint density at radius 2 is 2.40 bits per heavy atom. The van der Waals surface area contributed by atoms with Crippen molar-refractivity contribution < 1.29 is 5.21 Å². The van der Waals surface area contributed by atoms with Gasteiger partial charge in [-0.1, -0.05) is 5.16 Å². The van der Waals surface area contributed by atoms with E-state index in [1.165, 1.54) is 4.88 Å². The van der Waals surface area contributed by atoms with E-state index in [-0.39, 0.29) is 0 Å². The van der Waals surface area contributed by atoms with Gasteiger partial charge in [-0.3, -0.25) is 0 Å². The summed E-state index contributed by atoms with van der Waals surface area (Å²) in [6, 6.07) is 1.95. The van der Waals surface area contributed by atoms with Crippen LogP contribution in [-0.4, -0.2) is 10.9 Å². The average molecular weight is 155 g/mol. The molecule has 0 unspecified atom stereocenters. The van der Waals surface area contributed by atoms with Gasteiger partial charge in [-0.25, -0.2) is 0 Å². The topological polar surface area (TPSA) is 32.6 Å². The molecule has 1 N–H and O–H groups in total. The minimum Gasteiger partial charge on any atom is -0.411 e. The molecule has 0 aliphatic carbocycles. The van der Waals surface area contributed by atoms with Crippen molar-refractivity contribution in [3.8, 4) is 0 Å². The van der Waals surface area contributed by atoms with Gasteiger partial charge in [0.1, 0.15) is 0 Å². The smallest absolute Gasteiger partial charge is 0.0847 e. The summed E-state index contributed by atoms with van der Waals surface area (Å²) >= 11 is 1.66. The van der Waals surface area contributed by atoms with Crippen LogP contribution in [0.1, 0.15) is 17.4 Å². The third-order valence-electron chi connectivity index (χ3n) is 1.40. The summed E-state index contributed by atoms with van der Waals surface area (Å²) in [6.07, 6.45) is 0. The molecule has 1 rings (SSSR count). The van der Waals surface area contributed by atoms with E-state index in [0.29, 0.717) is 5.71 Å². The van der Waals surface area contributed by atoms with Crippen LogP contribution in [0.15, 0.2) is 16.6 Å². The second-order valence-electron chi connectivity index (χ2n) is 2.08. The van der Waals surface area contributed by atoms with Crippen molar-refractivity contribution in [2.75, 3.05) is 0 Å². The molecule has 0 fully saturated rings. The Morgan fingerprint density at radius 3 is 2.80 bits per heavy atom. The Bertz CT molecular complexity index is 252. The van der Waals surface area contributed by atoms with Gasteiger partial charge in [0.2, 0.25) is 0 Å². The number of rotatable bonds is 1. The molecule has 3 heteroatoms. The molecule has 10 heavy (non-hydrogen) atoms. The first kappa shape index (κ1) is 7.28. The number of aryl methyl sites for hydroxylation is 1. The summed E-state index contributed by atoms with van der Waals surface area (Å²) in [7, 11) is 0. The van der Waals surface area contributed by atoms with Crippen LogP contribution in [0.25, 0.3) is 0 Å². The van der Waals surface area contributed by atoms with Crippen LogP contribution >= 0.6 is 11.3 Å². The maximum Gasteiger partial charge on any atom is 0.0847 e. The zero-order valence-electron chi connectivity index (χ0n) is 5.96.